The Labute approximate surface area is 145 Å². The summed E-state index contributed by atoms with van der Waals surface area (Å²) in [6, 6.07) is 0. The highest BCUT2D eigenvalue weighted by atomic mass is 16.6. The molecule has 3 atom stereocenters. The lowest BCUT2D eigenvalue weighted by atomic mass is 10.1. The predicted octanol–water partition coefficient (Wildman–Crippen LogP) is -0.356. The Bertz CT molecular complexity index is 498. The molecule has 0 bridgehead atoms. The largest absolute Gasteiger partial charge is 0.458 e. The highest BCUT2D eigenvalue weighted by Gasteiger charge is 2.36. The van der Waals surface area contributed by atoms with E-state index in [-0.39, 0.29) is 0 Å². The molecular weight excluding hydrogens is 338 g/mol. The standard InChI is InChI=1S/C15H25NO9/c1-8(18)23-11(6-10(20)7-17)12(24-9(2)19)13(21)16-14(22)25-15(3,4)5/h10-12,17,20H,6-7H2,1-5H3,(H,16,21,22)/t10-,11-,12+/m0/s1. The molecule has 0 radical (unpaired) electrons. The molecule has 0 saturated carbocycles. The van der Waals surface area contributed by atoms with Gasteiger partial charge in [0, 0.05) is 20.3 Å². The molecule has 25 heavy (non-hydrogen) atoms. The van der Waals surface area contributed by atoms with Crippen molar-refractivity contribution in [2.75, 3.05) is 6.61 Å². The fourth-order valence-corrected chi connectivity index (χ4v) is 1.74. The Morgan fingerprint density at radius 3 is 1.96 bits per heavy atom. The van der Waals surface area contributed by atoms with E-state index in [0.29, 0.717) is 0 Å². The van der Waals surface area contributed by atoms with Crippen LogP contribution in [0.5, 0.6) is 0 Å². The van der Waals surface area contributed by atoms with Gasteiger partial charge in [0.25, 0.3) is 5.91 Å². The van der Waals surface area contributed by atoms with Gasteiger partial charge in [-0.05, 0) is 20.8 Å². The zero-order valence-corrected chi connectivity index (χ0v) is 14.9. The number of carbonyl (C=O) groups excluding carboxylic acids is 4. The molecule has 0 aliphatic carbocycles. The second-order valence-corrected chi connectivity index (χ2v) is 6.24. The van der Waals surface area contributed by atoms with Crippen LogP contribution in [0.25, 0.3) is 0 Å². The van der Waals surface area contributed by atoms with E-state index in [4.69, 9.17) is 19.3 Å². The van der Waals surface area contributed by atoms with Crippen molar-refractivity contribution in [1.82, 2.24) is 5.32 Å². The third-order valence-corrected chi connectivity index (χ3v) is 2.55. The van der Waals surface area contributed by atoms with Gasteiger partial charge in [-0.15, -0.1) is 0 Å². The maximum atomic E-state index is 12.2. The third-order valence-electron chi connectivity index (χ3n) is 2.55. The number of alkyl carbamates (subject to hydrolysis) is 1. The summed E-state index contributed by atoms with van der Waals surface area (Å²) in [5.74, 6) is -2.78. The van der Waals surface area contributed by atoms with Gasteiger partial charge in [-0.1, -0.05) is 0 Å². The molecule has 3 N–H and O–H groups in total. The van der Waals surface area contributed by atoms with Gasteiger partial charge in [-0.2, -0.15) is 0 Å². The first kappa shape index (κ1) is 22.8. The highest BCUT2D eigenvalue weighted by Crippen LogP contribution is 2.14. The summed E-state index contributed by atoms with van der Waals surface area (Å²) in [6.45, 7) is 6.15. The number of imide groups is 1. The predicted molar refractivity (Wildman–Crippen MR) is 83.2 cm³/mol. The van der Waals surface area contributed by atoms with Crippen LogP contribution in [0.1, 0.15) is 41.0 Å². The number of aliphatic hydroxyl groups is 2. The number of carbonyl (C=O) groups is 4. The molecular formula is C15H25NO9. The molecule has 2 amide bonds. The normalized spacial score (nSPS) is 14.7. The van der Waals surface area contributed by atoms with Crippen LogP contribution in [-0.2, 0) is 28.6 Å². The smallest absolute Gasteiger partial charge is 0.414 e. The van der Waals surface area contributed by atoms with Crippen LogP contribution in [0.4, 0.5) is 4.79 Å². The van der Waals surface area contributed by atoms with E-state index in [1.165, 1.54) is 0 Å². The maximum Gasteiger partial charge on any atom is 0.414 e. The third kappa shape index (κ3) is 10.3. The molecule has 10 nitrogen and oxygen atoms in total. The summed E-state index contributed by atoms with van der Waals surface area (Å²) >= 11 is 0. The van der Waals surface area contributed by atoms with Crippen LogP contribution in [-0.4, -0.2) is 64.7 Å². The minimum atomic E-state index is -1.71. The number of esters is 2. The second kappa shape index (κ2) is 9.94. The molecule has 0 saturated heterocycles. The van der Waals surface area contributed by atoms with E-state index in [9.17, 15) is 24.3 Å². The number of hydrogen-bond donors (Lipinski definition) is 3. The van der Waals surface area contributed by atoms with E-state index in [0.717, 1.165) is 13.8 Å². The maximum absolute atomic E-state index is 12.2. The van der Waals surface area contributed by atoms with Crippen LogP contribution in [0.2, 0.25) is 0 Å². The van der Waals surface area contributed by atoms with Crippen molar-refractivity contribution in [2.24, 2.45) is 0 Å². The number of rotatable bonds is 7. The lowest BCUT2D eigenvalue weighted by Crippen LogP contribution is -2.50. The lowest BCUT2D eigenvalue weighted by molar-refractivity contribution is -0.172. The highest BCUT2D eigenvalue weighted by molar-refractivity contribution is 5.95. The van der Waals surface area contributed by atoms with E-state index in [1.54, 1.807) is 20.8 Å². The summed E-state index contributed by atoms with van der Waals surface area (Å²) in [5.41, 5.74) is -0.871. The van der Waals surface area contributed by atoms with Gasteiger partial charge in [0.1, 0.15) is 5.60 Å². The molecule has 0 unspecified atom stereocenters. The molecule has 0 aliphatic rings. The second-order valence-electron chi connectivity index (χ2n) is 6.24. The summed E-state index contributed by atoms with van der Waals surface area (Å²) in [4.78, 5) is 46.4. The molecule has 0 aliphatic heterocycles. The summed E-state index contributed by atoms with van der Waals surface area (Å²) in [6.07, 6.45) is -5.94. The lowest BCUT2D eigenvalue weighted by Gasteiger charge is -2.27. The van der Waals surface area contributed by atoms with Crippen molar-refractivity contribution in [3.05, 3.63) is 0 Å². The molecule has 144 valence electrons. The van der Waals surface area contributed by atoms with Crippen molar-refractivity contribution < 1.29 is 43.6 Å². The molecule has 0 aromatic rings. The Hall–Kier alpha value is -2.20. The number of aliphatic hydroxyl groups excluding tert-OH is 2. The fraction of sp³-hybridized carbons (Fsp3) is 0.733. The molecule has 0 fully saturated rings. The Kier molecular flexibility index (Phi) is 9.07. The number of amides is 2. The topological polar surface area (TPSA) is 148 Å². The van der Waals surface area contributed by atoms with E-state index >= 15 is 0 Å². The van der Waals surface area contributed by atoms with Crippen molar-refractivity contribution >= 4 is 23.9 Å². The zero-order valence-electron chi connectivity index (χ0n) is 14.9. The summed E-state index contributed by atoms with van der Waals surface area (Å²) < 4.78 is 14.6. The quantitative estimate of drug-likeness (QED) is 0.407. The first-order valence-corrected chi connectivity index (χ1v) is 7.53. The van der Waals surface area contributed by atoms with Gasteiger partial charge in [0.2, 0.25) is 6.10 Å². The van der Waals surface area contributed by atoms with Crippen LogP contribution in [0, 0.1) is 0 Å². The van der Waals surface area contributed by atoms with E-state index in [2.05, 4.69) is 0 Å². The monoisotopic (exact) mass is 363 g/mol. The van der Waals surface area contributed by atoms with Crippen molar-refractivity contribution in [2.45, 2.75) is 65.0 Å². The number of nitrogens with one attached hydrogen (secondary N) is 1. The van der Waals surface area contributed by atoms with Gasteiger partial charge in [-0.25, -0.2) is 4.79 Å². The van der Waals surface area contributed by atoms with E-state index in [1.807, 2.05) is 5.32 Å². The fourth-order valence-electron chi connectivity index (χ4n) is 1.74. The minimum absolute atomic E-state index is 0.393. The molecule has 0 aromatic heterocycles. The molecule has 0 heterocycles. The van der Waals surface area contributed by atoms with Crippen LogP contribution in [0.15, 0.2) is 0 Å². The number of hydrogen-bond acceptors (Lipinski definition) is 9. The number of ether oxygens (including phenoxy) is 3. The Balaban J connectivity index is 5.31. The summed E-state index contributed by atoms with van der Waals surface area (Å²) in [7, 11) is 0. The van der Waals surface area contributed by atoms with Crippen LogP contribution in [0.3, 0.4) is 0 Å². The summed E-state index contributed by atoms with van der Waals surface area (Å²) in [5, 5.41) is 20.3. The Morgan fingerprint density at radius 1 is 1.04 bits per heavy atom. The average Bonchev–Trinajstić information content (AvgIpc) is 2.40. The van der Waals surface area contributed by atoms with Gasteiger partial charge < -0.3 is 24.4 Å². The molecule has 10 heteroatoms. The van der Waals surface area contributed by atoms with Crippen molar-refractivity contribution in [3.63, 3.8) is 0 Å². The van der Waals surface area contributed by atoms with Crippen molar-refractivity contribution in [1.29, 1.82) is 0 Å². The van der Waals surface area contributed by atoms with Gasteiger partial charge in [0.05, 0.1) is 12.7 Å². The molecule has 0 rings (SSSR count). The SMILES string of the molecule is CC(=O)O[C@@H](C[C@H](O)CO)[C@@H](OC(C)=O)C(=O)NC(=O)OC(C)(C)C. The zero-order chi connectivity index (χ0) is 19.8. The van der Waals surface area contributed by atoms with Crippen LogP contribution >= 0.6 is 0 Å². The first-order valence-electron chi connectivity index (χ1n) is 7.53. The molecule has 0 aromatic carbocycles. The molecule has 0 spiro atoms. The van der Waals surface area contributed by atoms with E-state index < -0.39 is 60.9 Å². The first-order chi connectivity index (χ1) is 11.4. The van der Waals surface area contributed by atoms with Gasteiger partial charge in [0.15, 0.2) is 6.10 Å². The van der Waals surface area contributed by atoms with Gasteiger partial charge in [-0.3, -0.25) is 19.7 Å². The van der Waals surface area contributed by atoms with Crippen molar-refractivity contribution in [3.8, 4) is 0 Å². The average molecular weight is 363 g/mol. The van der Waals surface area contributed by atoms with Gasteiger partial charge >= 0.3 is 18.0 Å². The Morgan fingerprint density at radius 2 is 1.56 bits per heavy atom. The minimum Gasteiger partial charge on any atom is -0.458 e. The van der Waals surface area contributed by atoms with Crippen LogP contribution < -0.4 is 5.32 Å².